The van der Waals surface area contributed by atoms with Crippen LogP contribution in [-0.2, 0) is 14.3 Å². The number of hydrogen-bond acceptors (Lipinski definition) is 7. The minimum Gasteiger partial charge on any atom is -0.478 e. The molecule has 1 saturated heterocycles. The molecule has 1 aliphatic heterocycles. The van der Waals surface area contributed by atoms with E-state index in [-0.39, 0.29) is 54.6 Å². The Kier molecular flexibility index (Phi) is 15.3. The number of methoxy groups -OCH3 is 1. The van der Waals surface area contributed by atoms with E-state index in [0.29, 0.717) is 74.7 Å². The van der Waals surface area contributed by atoms with Crippen LogP contribution in [0.4, 0.5) is 11.5 Å². The molecule has 2 amide bonds. The van der Waals surface area contributed by atoms with E-state index in [0.717, 1.165) is 6.42 Å². The second-order valence-corrected chi connectivity index (χ2v) is 7.97. The highest BCUT2D eigenvalue weighted by Crippen LogP contribution is 2.27. The molecule has 36 heavy (non-hydrogen) atoms. The number of ether oxygens (including phenoxy) is 1. The molecular weight excluding hydrogens is 533 g/mol. The predicted octanol–water partition coefficient (Wildman–Crippen LogP) is 2.82. The van der Waals surface area contributed by atoms with Gasteiger partial charge in [0, 0.05) is 57.3 Å². The number of nitrogens with zero attached hydrogens (tertiary/aromatic N) is 3. The Morgan fingerprint density at radius 2 is 1.75 bits per heavy atom. The first-order chi connectivity index (χ1) is 15.9. The van der Waals surface area contributed by atoms with E-state index in [1.807, 2.05) is 11.8 Å². The number of carbonyl (C=O) groups excluding carboxylic acids is 2. The van der Waals surface area contributed by atoms with E-state index >= 15 is 0 Å². The van der Waals surface area contributed by atoms with Gasteiger partial charge in [-0.15, -0.1) is 37.2 Å². The lowest BCUT2D eigenvalue weighted by molar-refractivity contribution is -0.122. The van der Waals surface area contributed by atoms with Gasteiger partial charge >= 0.3 is 5.97 Å². The maximum absolute atomic E-state index is 12.0. The van der Waals surface area contributed by atoms with Crippen molar-refractivity contribution < 1.29 is 24.2 Å². The third-order valence-electron chi connectivity index (χ3n) is 5.48. The van der Waals surface area contributed by atoms with Gasteiger partial charge in [0.05, 0.1) is 24.2 Å². The maximum atomic E-state index is 12.0. The minimum absolute atomic E-state index is 0. The third kappa shape index (κ3) is 9.25. The number of benzene rings is 1. The fourth-order valence-corrected chi connectivity index (χ4v) is 3.77. The molecule has 2 heterocycles. The van der Waals surface area contributed by atoms with Crippen molar-refractivity contribution in [1.82, 2.24) is 15.2 Å². The summed E-state index contributed by atoms with van der Waals surface area (Å²) in [6.07, 6.45) is 1.14. The van der Waals surface area contributed by atoms with E-state index in [9.17, 15) is 19.5 Å². The number of nitrogens with one attached hydrogen (secondary N) is 2. The van der Waals surface area contributed by atoms with Crippen LogP contribution in [0.5, 0.6) is 0 Å². The van der Waals surface area contributed by atoms with Gasteiger partial charge in [-0.2, -0.15) is 0 Å². The largest absolute Gasteiger partial charge is 0.478 e. The number of carbonyl (C=O) groups is 3. The summed E-state index contributed by atoms with van der Waals surface area (Å²) in [5.41, 5.74) is 1.25. The van der Waals surface area contributed by atoms with Crippen LogP contribution in [0.25, 0.3) is 10.9 Å². The van der Waals surface area contributed by atoms with Crippen LogP contribution >= 0.6 is 37.2 Å². The standard InChI is InChI=1S/C23H31N5O5.3ClH/c1-3-4-21(29)25-16-5-6-19-17(13-16)18(23(31)32)14-20(26-19)28-10-8-27(9-11-28)15-22(30)24-7-12-33-2;;;/h5-6,13-14H,3-4,7-12,15H2,1-2H3,(H,24,30)(H,25,29)(H,31,32);3*1H. The van der Waals surface area contributed by atoms with Crippen molar-refractivity contribution >= 4 is 77.4 Å². The number of hydrogen-bond donors (Lipinski definition) is 3. The Labute approximate surface area is 229 Å². The minimum atomic E-state index is -1.05. The number of aromatic carboxylic acids is 1. The molecule has 0 atom stereocenters. The van der Waals surface area contributed by atoms with Crippen LogP contribution in [0, 0.1) is 0 Å². The average molecular weight is 567 g/mol. The molecule has 10 nitrogen and oxygen atoms in total. The van der Waals surface area contributed by atoms with Gasteiger partial charge in [0.15, 0.2) is 0 Å². The van der Waals surface area contributed by atoms with E-state index in [1.54, 1.807) is 31.4 Å². The van der Waals surface area contributed by atoms with Gasteiger partial charge in [0.25, 0.3) is 0 Å². The number of fused-ring (bicyclic) bond motifs is 1. The molecule has 0 spiro atoms. The Morgan fingerprint density at radius 3 is 2.36 bits per heavy atom. The highest BCUT2D eigenvalue weighted by molar-refractivity contribution is 6.05. The Morgan fingerprint density at radius 1 is 1.06 bits per heavy atom. The molecule has 2 aromatic rings. The summed E-state index contributed by atoms with van der Waals surface area (Å²) in [5.74, 6) is -0.609. The quantitative estimate of drug-likeness (QED) is 0.375. The summed E-state index contributed by atoms with van der Waals surface area (Å²) >= 11 is 0. The first-order valence-corrected chi connectivity index (χ1v) is 11.1. The summed E-state index contributed by atoms with van der Waals surface area (Å²) in [6, 6.07) is 6.70. The number of piperazine rings is 1. The molecule has 13 heteroatoms. The lowest BCUT2D eigenvalue weighted by Gasteiger charge is -2.35. The number of amides is 2. The van der Waals surface area contributed by atoms with E-state index in [2.05, 4.69) is 20.5 Å². The number of pyridine rings is 1. The van der Waals surface area contributed by atoms with Gasteiger partial charge in [0.1, 0.15) is 5.82 Å². The second-order valence-electron chi connectivity index (χ2n) is 7.97. The van der Waals surface area contributed by atoms with Gasteiger partial charge < -0.3 is 25.4 Å². The molecule has 3 N–H and O–H groups in total. The average Bonchev–Trinajstić information content (AvgIpc) is 2.79. The lowest BCUT2D eigenvalue weighted by Crippen LogP contribution is -2.50. The zero-order valence-electron chi connectivity index (χ0n) is 20.3. The predicted molar refractivity (Wildman–Crippen MR) is 148 cm³/mol. The summed E-state index contributed by atoms with van der Waals surface area (Å²) in [6.45, 7) is 5.80. The highest BCUT2D eigenvalue weighted by Gasteiger charge is 2.22. The molecule has 1 aliphatic rings. The molecule has 0 radical (unpaired) electrons. The number of aromatic nitrogens is 1. The summed E-state index contributed by atoms with van der Waals surface area (Å²) in [4.78, 5) is 44.6. The first kappa shape index (κ1) is 33.6. The normalized spacial score (nSPS) is 13.1. The van der Waals surface area contributed by atoms with Crippen molar-refractivity contribution in [3.05, 3.63) is 29.8 Å². The zero-order chi connectivity index (χ0) is 23.8. The number of halogens is 3. The van der Waals surface area contributed by atoms with Crippen molar-refractivity contribution in [3.8, 4) is 0 Å². The SMILES string of the molecule is CCCC(=O)Nc1ccc2nc(N3CCN(CC(=O)NCCOC)CC3)cc(C(=O)O)c2c1.Cl.Cl.Cl. The third-order valence-corrected chi connectivity index (χ3v) is 5.48. The van der Waals surface area contributed by atoms with Crippen LogP contribution in [0.1, 0.15) is 30.1 Å². The zero-order valence-corrected chi connectivity index (χ0v) is 22.8. The number of carboxylic acid groups (broad SMARTS) is 1. The number of carboxylic acids is 1. The monoisotopic (exact) mass is 565 g/mol. The van der Waals surface area contributed by atoms with Crippen LogP contribution in [0.2, 0.25) is 0 Å². The molecule has 1 aromatic heterocycles. The summed E-state index contributed by atoms with van der Waals surface area (Å²) in [5, 5.41) is 15.9. The van der Waals surface area contributed by atoms with Crippen molar-refractivity contribution in [2.75, 3.05) is 63.2 Å². The van der Waals surface area contributed by atoms with Crippen LogP contribution in [-0.4, -0.2) is 85.8 Å². The van der Waals surface area contributed by atoms with Crippen LogP contribution in [0.15, 0.2) is 24.3 Å². The van der Waals surface area contributed by atoms with Crippen molar-refractivity contribution in [2.45, 2.75) is 19.8 Å². The molecule has 3 rings (SSSR count). The molecule has 1 aromatic carbocycles. The Bertz CT molecular complexity index is 1020. The van der Waals surface area contributed by atoms with Gasteiger partial charge in [0.2, 0.25) is 11.8 Å². The lowest BCUT2D eigenvalue weighted by atomic mass is 10.1. The summed E-state index contributed by atoms with van der Waals surface area (Å²) < 4.78 is 4.93. The molecule has 1 fully saturated rings. The van der Waals surface area contributed by atoms with Crippen molar-refractivity contribution in [1.29, 1.82) is 0 Å². The van der Waals surface area contributed by atoms with Crippen molar-refractivity contribution in [2.24, 2.45) is 0 Å². The topological polar surface area (TPSA) is 124 Å². The molecule has 0 saturated carbocycles. The van der Waals surface area contributed by atoms with E-state index in [1.165, 1.54) is 0 Å². The molecule has 0 aliphatic carbocycles. The van der Waals surface area contributed by atoms with Crippen LogP contribution < -0.4 is 15.5 Å². The number of rotatable bonds is 10. The molecular formula is C23H34Cl3N5O5. The van der Waals surface area contributed by atoms with Gasteiger partial charge in [-0.25, -0.2) is 9.78 Å². The van der Waals surface area contributed by atoms with E-state index < -0.39 is 5.97 Å². The Hall–Kier alpha value is -2.37. The highest BCUT2D eigenvalue weighted by atomic mass is 35.5. The van der Waals surface area contributed by atoms with Gasteiger partial charge in [-0.3, -0.25) is 14.5 Å². The smallest absolute Gasteiger partial charge is 0.336 e. The first-order valence-electron chi connectivity index (χ1n) is 11.1. The molecule has 202 valence electrons. The number of anilines is 2. The van der Waals surface area contributed by atoms with Crippen LogP contribution in [0.3, 0.4) is 0 Å². The molecule has 0 unspecified atom stereocenters. The molecule has 0 bridgehead atoms. The fraction of sp³-hybridized carbons (Fsp3) is 0.478. The maximum Gasteiger partial charge on any atom is 0.336 e. The second kappa shape index (κ2) is 16.4. The van der Waals surface area contributed by atoms with Gasteiger partial charge in [-0.05, 0) is 30.7 Å². The van der Waals surface area contributed by atoms with Gasteiger partial charge in [-0.1, -0.05) is 6.92 Å². The van der Waals surface area contributed by atoms with E-state index in [4.69, 9.17) is 4.74 Å². The summed E-state index contributed by atoms with van der Waals surface area (Å²) in [7, 11) is 1.59. The Balaban J connectivity index is 0.00000408. The fourth-order valence-electron chi connectivity index (χ4n) is 3.77. The van der Waals surface area contributed by atoms with Crippen molar-refractivity contribution in [3.63, 3.8) is 0 Å².